The minimum absolute atomic E-state index is 0.183. The Bertz CT molecular complexity index is 323. The summed E-state index contributed by atoms with van der Waals surface area (Å²) >= 11 is 5.02. The van der Waals surface area contributed by atoms with Gasteiger partial charge in [-0.3, -0.25) is 4.79 Å². The van der Waals surface area contributed by atoms with Gasteiger partial charge < -0.3 is 0 Å². The quantitative estimate of drug-likeness (QED) is 0.607. The van der Waals surface area contributed by atoms with Gasteiger partial charge in [0.1, 0.15) is 0 Å². The van der Waals surface area contributed by atoms with Crippen molar-refractivity contribution in [1.82, 2.24) is 0 Å². The normalized spacial score (nSPS) is 10.1. The van der Waals surface area contributed by atoms with E-state index in [1.54, 1.807) is 11.8 Å². The Labute approximate surface area is 91.0 Å². The summed E-state index contributed by atoms with van der Waals surface area (Å²) in [7, 11) is 0. The van der Waals surface area contributed by atoms with E-state index in [2.05, 4.69) is 15.9 Å². The number of benzene rings is 1. The molecule has 0 N–H and O–H groups in total. The van der Waals surface area contributed by atoms with E-state index in [9.17, 15) is 4.79 Å². The zero-order chi connectivity index (χ0) is 9.84. The number of Topliss-reactive ketones (excluding diaryl/α,β-unsaturated/α-hetero) is 1. The van der Waals surface area contributed by atoms with E-state index in [4.69, 9.17) is 0 Å². The highest BCUT2D eigenvalue weighted by atomic mass is 79.9. The second-order valence-electron chi connectivity index (χ2n) is 2.62. The molecule has 0 aliphatic heterocycles. The molecule has 1 nitrogen and oxygen atoms in total. The van der Waals surface area contributed by atoms with Crippen LogP contribution in [0, 0.1) is 0 Å². The van der Waals surface area contributed by atoms with Crippen LogP contribution in [0.2, 0.25) is 0 Å². The lowest BCUT2D eigenvalue weighted by Gasteiger charge is -2.03. The van der Waals surface area contributed by atoms with Crippen LogP contribution in [0.25, 0.3) is 0 Å². The van der Waals surface area contributed by atoms with Gasteiger partial charge in [0, 0.05) is 21.4 Å². The van der Waals surface area contributed by atoms with Crippen LogP contribution in [0.1, 0.15) is 23.7 Å². The van der Waals surface area contributed by atoms with Crippen molar-refractivity contribution in [1.29, 1.82) is 0 Å². The lowest BCUT2D eigenvalue weighted by Crippen LogP contribution is -1.97. The summed E-state index contributed by atoms with van der Waals surface area (Å²) in [4.78, 5) is 12.6. The molecule has 13 heavy (non-hydrogen) atoms. The summed E-state index contributed by atoms with van der Waals surface area (Å²) in [6, 6.07) is 5.86. The number of carbonyl (C=O) groups is 1. The molecule has 0 heterocycles. The van der Waals surface area contributed by atoms with Crippen LogP contribution < -0.4 is 0 Å². The molecule has 0 atom stereocenters. The van der Waals surface area contributed by atoms with Crippen molar-refractivity contribution in [3.63, 3.8) is 0 Å². The van der Waals surface area contributed by atoms with Crippen LogP contribution in [0.5, 0.6) is 0 Å². The first-order valence-corrected chi connectivity index (χ1v) is 6.07. The molecule has 0 bridgehead atoms. The summed E-state index contributed by atoms with van der Waals surface area (Å²) in [5, 5.41) is 0. The highest BCUT2D eigenvalue weighted by Crippen LogP contribution is 2.24. The van der Waals surface area contributed by atoms with Gasteiger partial charge in [0.25, 0.3) is 0 Å². The van der Waals surface area contributed by atoms with E-state index >= 15 is 0 Å². The van der Waals surface area contributed by atoms with Crippen LogP contribution in [0.3, 0.4) is 0 Å². The second-order valence-corrected chi connectivity index (χ2v) is 4.36. The molecule has 0 aliphatic rings. The van der Waals surface area contributed by atoms with Gasteiger partial charge >= 0.3 is 0 Å². The highest BCUT2D eigenvalue weighted by molar-refractivity contribution is 9.10. The monoisotopic (exact) mass is 258 g/mol. The molecule has 0 aromatic heterocycles. The van der Waals surface area contributed by atoms with Gasteiger partial charge in [-0.1, -0.05) is 22.9 Å². The maximum atomic E-state index is 11.5. The van der Waals surface area contributed by atoms with Crippen LogP contribution in [0.4, 0.5) is 0 Å². The van der Waals surface area contributed by atoms with Gasteiger partial charge in [-0.15, -0.1) is 11.8 Å². The van der Waals surface area contributed by atoms with Gasteiger partial charge in [0.2, 0.25) is 0 Å². The first kappa shape index (κ1) is 10.8. The number of hydrogen-bond acceptors (Lipinski definition) is 2. The number of carbonyl (C=O) groups excluding carboxylic acids is 1. The van der Waals surface area contributed by atoms with E-state index in [1.165, 1.54) is 0 Å². The molecule has 3 heteroatoms. The van der Waals surface area contributed by atoms with Crippen molar-refractivity contribution in [2.45, 2.75) is 18.2 Å². The fraction of sp³-hybridized carbons (Fsp3) is 0.300. The molecule has 70 valence electrons. The zero-order valence-electron chi connectivity index (χ0n) is 7.63. The van der Waals surface area contributed by atoms with Gasteiger partial charge in [-0.25, -0.2) is 0 Å². The number of rotatable bonds is 3. The van der Waals surface area contributed by atoms with E-state index in [0.29, 0.717) is 6.42 Å². The molecule has 0 fully saturated rings. The van der Waals surface area contributed by atoms with Crippen LogP contribution in [-0.2, 0) is 0 Å². The average Bonchev–Trinajstić information content (AvgIpc) is 2.17. The summed E-state index contributed by atoms with van der Waals surface area (Å²) in [5.74, 6) is 0.183. The maximum absolute atomic E-state index is 11.5. The van der Waals surface area contributed by atoms with Crippen molar-refractivity contribution in [3.8, 4) is 0 Å². The molecular formula is C10H11BrOS. The minimum Gasteiger partial charge on any atom is -0.294 e. The SMILES string of the molecule is CCC(=O)c1cc(SC)ccc1Br. The molecule has 0 saturated carbocycles. The zero-order valence-corrected chi connectivity index (χ0v) is 10.0. The lowest BCUT2D eigenvalue weighted by molar-refractivity contribution is 0.0987. The molecule has 1 rings (SSSR count). The molecule has 0 amide bonds. The summed E-state index contributed by atoms with van der Waals surface area (Å²) < 4.78 is 0.886. The van der Waals surface area contributed by atoms with Crippen molar-refractivity contribution in [3.05, 3.63) is 28.2 Å². The Morgan fingerprint density at radius 3 is 2.77 bits per heavy atom. The standard InChI is InChI=1S/C10H11BrOS/c1-3-10(12)8-6-7(13-2)4-5-9(8)11/h4-6H,3H2,1-2H3. The summed E-state index contributed by atoms with van der Waals surface area (Å²) in [6.45, 7) is 1.88. The summed E-state index contributed by atoms with van der Waals surface area (Å²) in [5.41, 5.74) is 0.786. The second kappa shape index (κ2) is 4.82. The first-order valence-electron chi connectivity index (χ1n) is 4.05. The Morgan fingerprint density at radius 1 is 1.54 bits per heavy atom. The van der Waals surface area contributed by atoms with Crippen LogP contribution >= 0.6 is 27.7 Å². The molecule has 0 saturated heterocycles. The van der Waals surface area contributed by atoms with Crippen LogP contribution in [0.15, 0.2) is 27.6 Å². The minimum atomic E-state index is 0.183. The maximum Gasteiger partial charge on any atom is 0.163 e. The number of thioether (sulfide) groups is 1. The van der Waals surface area contributed by atoms with Crippen molar-refractivity contribution in [2.75, 3.05) is 6.26 Å². The third-order valence-electron chi connectivity index (χ3n) is 1.80. The van der Waals surface area contributed by atoms with Crippen molar-refractivity contribution >= 4 is 33.5 Å². The molecule has 0 radical (unpaired) electrons. The Balaban J connectivity index is 3.11. The molecule has 0 aliphatic carbocycles. The van der Waals surface area contributed by atoms with Gasteiger partial charge in [-0.05, 0) is 24.5 Å². The fourth-order valence-corrected chi connectivity index (χ4v) is 1.94. The average molecular weight is 259 g/mol. The third-order valence-corrected chi connectivity index (χ3v) is 3.21. The number of ketones is 1. The Kier molecular flexibility index (Phi) is 4.00. The van der Waals surface area contributed by atoms with E-state index in [1.807, 2.05) is 31.4 Å². The first-order chi connectivity index (χ1) is 6.19. The lowest BCUT2D eigenvalue weighted by atomic mass is 10.1. The fourth-order valence-electron chi connectivity index (χ4n) is 1.04. The number of halogens is 1. The van der Waals surface area contributed by atoms with E-state index in [0.717, 1.165) is 14.9 Å². The molecule has 0 unspecified atom stereocenters. The molecule has 0 spiro atoms. The van der Waals surface area contributed by atoms with Gasteiger partial charge in [0.05, 0.1) is 0 Å². The molecule has 1 aromatic carbocycles. The smallest absolute Gasteiger partial charge is 0.163 e. The highest BCUT2D eigenvalue weighted by Gasteiger charge is 2.08. The molecular weight excluding hydrogens is 248 g/mol. The topological polar surface area (TPSA) is 17.1 Å². The van der Waals surface area contributed by atoms with E-state index < -0.39 is 0 Å². The summed E-state index contributed by atoms with van der Waals surface area (Å²) in [6.07, 6.45) is 2.56. The Hall–Kier alpha value is -0.280. The van der Waals surface area contributed by atoms with Gasteiger partial charge in [0.15, 0.2) is 5.78 Å². The van der Waals surface area contributed by atoms with Crippen molar-refractivity contribution in [2.24, 2.45) is 0 Å². The predicted molar refractivity (Wildman–Crippen MR) is 60.5 cm³/mol. The van der Waals surface area contributed by atoms with Gasteiger partial charge in [-0.2, -0.15) is 0 Å². The van der Waals surface area contributed by atoms with E-state index in [-0.39, 0.29) is 5.78 Å². The largest absolute Gasteiger partial charge is 0.294 e. The third kappa shape index (κ3) is 2.58. The van der Waals surface area contributed by atoms with Crippen molar-refractivity contribution < 1.29 is 4.79 Å². The number of hydrogen-bond donors (Lipinski definition) is 0. The van der Waals surface area contributed by atoms with Crippen LogP contribution in [-0.4, -0.2) is 12.0 Å². The Morgan fingerprint density at radius 2 is 2.23 bits per heavy atom. The predicted octanol–water partition coefficient (Wildman–Crippen LogP) is 3.76. The molecule has 1 aromatic rings.